The molecule has 4 aromatic rings. The molecule has 0 saturated heterocycles. The third kappa shape index (κ3) is 3.18. The molecule has 3 heterocycles. The Morgan fingerprint density at radius 2 is 2.00 bits per heavy atom. The normalized spacial score (nSPS) is 13.5. The molecule has 158 valence electrons. The Balaban J connectivity index is 1.74. The molecule has 0 bridgehead atoms. The summed E-state index contributed by atoms with van der Waals surface area (Å²) in [5.41, 5.74) is 6.85. The van der Waals surface area contributed by atoms with Crippen molar-refractivity contribution in [3.63, 3.8) is 0 Å². The molecular weight excluding hydrogens is 412 g/mol. The Kier molecular flexibility index (Phi) is 4.74. The molecule has 0 amide bonds. The van der Waals surface area contributed by atoms with Crippen molar-refractivity contribution in [2.24, 2.45) is 7.05 Å². The van der Waals surface area contributed by atoms with Gasteiger partial charge in [0, 0.05) is 59.7 Å². The quantitative estimate of drug-likeness (QED) is 0.493. The van der Waals surface area contributed by atoms with Crippen LogP contribution in [0.2, 0.25) is 5.02 Å². The fraction of sp³-hybridized carbons (Fsp3) is 0.250. The molecule has 5 rings (SSSR count). The molecular formula is C24H23ClN4O2. The summed E-state index contributed by atoms with van der Waals surface area (Å²) in [4.78, 5) is 14.8. The number of ether oxygens (including phenoxy) is 1. The van der Waals surface area contributed by atoms with Crippen LogP contribution in [0.1, 0.15) is 17.5 Å². The highest BCUT2D eigenvalue weighted by Gasteiger charge is 2.24. The number of nitrogens with one attached hydrogen (secondary N) is 1. The number of nitrogens with zero attached hydrogens (tertiary/aromatic N) is 3. The number of rotatable bonds is 3. The van der Waals surface area contributed by atoms with E-state index in [9.17, 15) is 4.79 Å². The van der Waals surface area contributed by atoms with Crippen molar-refractivity contribution in [2.75, 3.05) is 18.6 Å². The molecule has 7 heteroatoms. The van der Waals surface area contributed by atoms with Gasteiger partial charge in [-0.1, -0.05) is 11.6 Å². The zero-order valence-electron chi connectivity index (χ0n) is 17.7. The number of benzene rings is 2. The minimum absolute atomic E-state index is 0.00135. The lowest BCUT2D eigenvalue weighted by molar-refractivity contribution is 0.415. The lowest BCUT2D eigenvalue weighted by atomic mass is 9.96. The molecule has 0 fully saturated rings. The smallest absolute Gasteiger partial charge is 0.253 e. The van der Waals surface area contributed by atoms with Crippen molar-refractivity contribution < 1.29 is 4.74 Å². The molecule has 0 radical (unpaired) electrons. The third-order valence-corrected chi connectivity index (χ3v) is 6.41. The minimum atomic E-state index is -0.00135. The summed E-state index contributed by atoms with van der Waals surface area (Å²) >= 11 is 6.71. The van der Waals surface area contributed by atoms with E-state index in [2.05, 4.69) is 21.2 Å². The maximum Gasteiger partial charge on any atom is 0.253 e. The Labute approximate surface area is 185 Å². The number of aromatic amines is 1. The molecule has 31 heavy (non-hydrogen) atoms. The summed E-state index contributed by atoms with van der Waals surface area (Å²) in [5.74, 6) is 0.717. The van der Waals surface area contributed by atoms with E-state index in [1.165, 1.54) is 5.56 Å². The average molecular weight is 435 g/mol. The van der Waals surface area contributed by atoms with Crippen LogP contribution in [0, 0.1) is 6.92 Å². The summed E-state index contributed by atoms with van der Waals surface area (Å²) in [7, 11) is 3.45. The number of halogens is 1. The van der Waals surface area contributed by atoms with Crippen LogP contribution < -0.4 is 15.2 Å². The van der Waals surface area contributed by atoms with Gasteiger partial charge in [0.15, 0.2) is 0 Å². The van der Waals surface area contributed by atoms with Crippen molar-refractivity contribution in [2.45, 2.75) is 19.8 Å². The van der Waals surface area contributed by atoms with Gasteiger partial charge in [-0.15, -0.1) is 0 Å². The maximum absolute atomic E-state index is 12.5. The second-order valence-electron chi connectivity index (χ2n) is 7.97. The van der Waals surface area contributed by atoms with Gasteiger partial charge in [-0.25, -0.2) is 0 Å². The van der Waals surface area contributed by atoms with E-state index in [-0.39, 0.29) is 5.56 Å². The summed E-state index contributed by atoms with van der Waals surface area (Å²) in [5, 5.41) is 8.61. The number of fused-ring (bicyclic) bond motifs is 2. The van der Waals surface area contributed by atoms with Gasteiger partial charge < -0.3 is 14.2 Å². The van der Waals surface area contributed by atoms with Crippen molar-refractivity contribution in [1.29, 1.82) is 0 Å². The molecule has 1 N–H and O–H groups in total. The first kappa shape index (κ1) is 19.7. The highest BCUT2D eigenvalue weighted by atomic mass is 35.5. The van der Waals surface area contributed by atoms with Gasteiger partial charge in [-0.3, -0.25) is 9.89 Å². The van der Waals surface area contributed by atoms with Crippen LogP contribution in [0.25, 0.3) is 22.0 Å². The van der Waals surface area contributed by atoms with Crippen LogP contribution >= 0.6 is 11.6 Å². The van der Waals surface area contributed by atoms with Crippen molar-refractivity contribution in [3.8, 4) is 16.9 Å². The van der Waals surface area contributed by atoms with Crippen molar-refractivity contribution >= 4 is 33.9 Å². The highest BCUT2D eigenvalue weighted by Crippen LogP contribution is 2.43. The van der Waals surface area contributed by atoms with Crippen molar-refractivity contribution in [1.82, 2.24) is 14.8 Å². The Bertz CT molecular complexity index is 1360. The van der Waals surface area contributed by atoms with Crippen LogP contribution in [0.5, 0.6) is 5.75 Å². The van der Waals surface area contributed by atoms with E-state index < -0.39 is 0 Å². The molecule has 0 saturated carbocycles. The van der Waals surface area contributed by atoms with E-state index in [0.717, 1.165) is 58.5 Å². The number of pyridine rings is 1. The summed E-state index contributed by atoms with van der Waals surface area (Å²) in [6.45, 7) is 2.71. The molecule has 0 unspecified atom stereocenters. The SMILES string of the molecule is COc1cc(N2CCCc3cc(-c4cn[nH]c4)c(Cl)cc32)c2cc(C)c(=O)n(C)c2c1. The predicted molar refractivity (Wildman–Crippen MR) is 125 cm³/mol. The first-order valence-corrected chi connectivity index (χ1v) is 10.6. The first-order valence-electron chi connectivity index (χ1n) is 10.3. The highest BCUT2D eigenvalue weighted by molar-refractivity contribution is 6.33. The summed E-state index contributed by atoms with van der Waals surface area (Å²) in [6.07, 6.45) is 5.64. The van der Waals surface area contributed by atoms with Gasteiger partial charge in [0.2, 0.25) is 0 Å². The van der Waals surface area contributed by atoms with Gasteiger partial charge >= 0.3 is 0 Å². The molecule has 0 atom stereocenters. The second kappa shape index (κ2) is 7.46. The van der Waals surface area contributed by atoms with E-state index >= 15 is 0 Å². The number of anilines is 2. The predicted octanol–water partition coefficient (Wildman–Crippen LogP) is 4.98. The van der Waals surface area contributed by atoms with Gasteiger partial charge in [0.1, 0.15) is 5.75 Å². The Morgan fingerprint density at radius 3 is 2.74 bits per heavy atom. The lowest BCUT2D eigenvalue weighted by Crippen LogP contribution is -2.26. The largest absolute Gasteiger partial charge is 0.497 e. The molecule has 2 aromatic heterocycles. The molecule has 1 aliphatic rings. The van der Waals surface area contributed by atoms with Crippen LogP contribution in [0.15, 0.2) is 47.5 Å². The third-order valence-electron chi connectivity index (χ3n) is 6.10. The molecule has 0 spiro atoms. The number of methoxy groups -OCH3 is 1. The summed E-state index contributed by atoms with van der Waals surface area (Å²) in [6, 6.07) is 10.1. The van der Waals surface area contributed by atoms with E-state index in [4.69, 9.17) is 16.3 Å². The fourth-order valence-electron chi connectivity index (χ4n) is 4.49. The lowest BCUT2D eigenvalue weighted by Gasteiger charge is -2.33. The Morgan fingerprint density at radius 1 is 1.16 bits per heavy atom. The number of aromatic nitrogens is 3. The average Bonchev–Trinajstić information content (AvgIpc) is 3.31. The van der Waals surface area contributed by atoms with Crippen LogP contribution in [0.4, 0.5) is 11.4 Å². The Hall–Kier alpha value is -3.25. The number of hydrogen-bond donors (Lipinski definition) is 1. The van der Waals surface area contributed by atoms with Crippen LogP contribution in [0.3, 0.4) is 0 Å². The fourth-order valence-corrected chi connectivity index (χ4v) is 4.76. The maximum atomic E-state index is 12.5. The van der Waals surface area contributed by atoms with Gasteiger partial charge in [0.05, 0.1) is 29.5 Å². The number of hydrogen-bond acceptors (Lipinski definition) is 4. The zero-order chi connectivity index (χ0) is 21.7. The van der Waals surface area contributed by atoms with Crippen molar-refractivity contribution in [3.05, 3.63) is 69.2 Å². The van der Waals surface area contributed by atoms with E-state index in [1.54, 1.807) is 24.9 Å². The molecule has 2 aromatic carbocycles. The molecule has 0 aliphatic carbocycles. The zero-order valence-corrected chi connectivity index (χ0v) is 18.5. The minimum Gasteiger partial charge on any atom is -0.497 e. The topological polar surface area (TPSA) is 63.1 Å². The number of aryl methyl sites for hydroxylation is 3. The molecule has 1 aliphatic heterocycles. The van der Waals surface area contributed by atoms with Crippen LogP contribution in [-0.2, 0) is 13.5 Å². The van der Waals surface area contributed by atoms with Crippen LogP contribution in [-0.4, -0.2) is 28.4 Å². The second-order valence-corrected chi connectivity index (χ2v) is 8.38. The van der Waals surface area contributed by atoms with E-state index in [0.29, 0.717) is 10.6 Å². The number of H-pyrrole nitrogens is 1. The summed E-state index contributed by atoms with van der Waals surface area (Å²) < 4.78 is 7.27. The standard InChI is InChI=1S/C24H23ClN4O2/c1-14-7-19-22(28(2)24(14)30)9-17(31-3)10-23(19)29-6-4-5-15-8-18(16-12-26-27-13-16)20(25)11-21(15)29/h7-13H,4-6H2,1-3H3,(H,26,27). The monoisotopic (exact) mass is 434 g/mol. The van der Waals surface area contributed by atoms with Gasteiger partial charge in [-0.2, -0.15) is 5.10 Å². The first-order chi connectivity index (χ1) is 15.0. The van der Waals surface area contributed by atoms with E-state index in [1.807, 2.05) is 37.4 Å². The van der Waals surface area contributed by atoms with Gasteiger partial charge in [-0.05, 0) is 43.5 Å². The molecule has 6 nitrogen and oxygen atoms in total. The van der Waals surface area contributed by atoms with Gasteiger partial charge in [0.25, 0.3) is 5.56 Å².